The number of nitrogens with zero attached hydrogens (tertiary/aromatic N) is 4. The first kappa shape index (κ1) is 25.0. The van der Waals surface area contributed by atoms with Crippen LogP contribution in [0.4, 0.5) is 14.5 Å². The molecule has 2 fully saturated rings. The molecule has 3 heterocycles. The normalized spacial score (nSPS) is 17.4. The summed E-state index contributed by atoms with van der Waals surface area (Å²) in [6, 6.07) is 3.88. The number of rotatable bonds is 2. The van der Waals surface area contributed by atoms with Crippen LogP contribution in [0, 0.1) is 30.9 Å². The number of hydrogen-bond acceptors (Lipinski definition) is 4. The molecule has 35 heavy (non-hydrogen) atoms. The van der Waals surface area contributed by atoms with Gasteiger partial charge in [-0.3, -0.25) is 9.59 Å². The monoisotopic (exact) mass is 503 g/mol. The maximum absolute atomic E-state index is 13.5. The van der Waals surface area contributed by atoms with Gasteiger partial charge in [0.25, 0.3) is 5.91 Å². The number of halogens is 3. The molecule has 0 radical (unpaired) electrons. The number of aromatic nitrogens is 3. The Morgan fingerprint density at radius 1 is 1.06 bits per heavy atom. The third kappa shape index (κ3) is 4.87. The number of hydrogen-bond donors (Lipinski definition) is 1. The fourth-order valence-electron chi connectivity index (χ4n) is 5.16. The molecule has 3 aromatic rings. The van der Waals surface area contributed by atoms with Crippen molar-refractivity contribution in [3.05, 3.63) is 58.0 Å². The zero-order valence-corrected chi connectivity index (χ0v) is 20.5. The lowest BCUT2D eigenvalue weighted by Gasteiger charge is -2.44. The minimum atomic E-state index is -0.986. The third-order valence-electron chi connectivity index (χ3n) is 6.87. The Morgan fingerprint density at radius 2 is 1.71 bits per heavy atom. The van der Waals surface area contributed by atoms with E-state index in [1.54, 1.807) is 9.42 Å². The molecule has 186 valence electrons. The Hall–Kier alpha value is -3.07. The molecule has 1 aliphatic heterocycles. The molecule has 5 rings (SSSR count). The number of benzene rings is 1. The number of carbonyl (C=O) groups is 2. The zero-order chi connectivity index (χ0) is 25.3. The highest BCUT2D eigenvalue weighted by Crippen LogP contribution is 2.46. The topological polar surface area (TPSA) is 93.6 Å². The minimum Gasteiger partial charge on any atom is -0.365 e. The average Bonchev–Trinajstić information content (AvgIpc) is 3.24. The van der Waals surface area contributed by atoms with E-state index in [1.807, 2.05) is 19.9 Å². The summed E-state index contributed by atoms with van der Waals surface area (Å²) in [5.41, 5.74) is 7.83. The van der Waals surface area contributed by atoms with Gasteiger partial charge in [0.15, 0.2) is 17.3 Å². The molecule has 1 saturated carbocycles. The maximum Gasteiger partial charge on any atom is 0.254 e. The van der Waals surface area contributed by atoms with E-state index in [4.69, 9.17) is 17.3 Å². The van der Waals surface area contributed by atoms with Gasteiger partial charge in [0, 0.05) is 29.4 Å². The van der Waals surface area contributed by atoms with E-state index in [9.17, 15) is 18.4 Å². The summed E-state index contributed by atoms with van der Waals surface area (Å²) >= 11 is 6.03. The lowest BCUT2D eigenvalue weighted by molar-refractivity contribution is -0.132. The van der Waals surface area contributed by atoms with Gasteiger partial charge in [-0.1, -0.05) is 30.9 Å². The highest BCUT2D eigenvalue weighted by molar-refractivity contribution is 6.33. The summed E-state index contributed by atoms with van der Waals surface area (Å²) < 4.78 is 28.3. The van der Waals surface area contributed by atoms with Gasteiger partial charge in [-0.25, -0.2) is 18.3 Å². The fraction of sp³-hybridized carbons (Fsp3) is 0.440. The highest BCUT2D eigenvalue weighted by atomic mass is 35.5. The standard InChI is InChI=1S/C16H18ClF2NO.C9H10N4O/c17-11-9-12(18)13(19)10-14(11)20-8-4-7-16(15(20)21)5-2-1-3-6-16;1-5-3-6(2)13-9(12-5)7(4-11-13)8(10)14/h9-10H,1-8H2;3-4H,1-2H3,(H2,10,14). The minimum absolute atomic E-state index is 0.0290. The van der Waals surface area contributed by atoms with Crippen LogP contribution in [0.5, 0.6) is 0 Å². The first-order chi connectivity index (χ1) is 16.6. The second-order valence-corrected chi connectivity index (χ2v) is 9.72. The van der Waals surface area contributed by atoms with Crippen molar-refractivity contribution in [3.8, 4) is 0 Å². The van der Waals surface area contributed by atoms with E-state index < -0.39 is 17.5 Å². The van der Waals surface area contributed by atoms with Gasteiger partial charge >= 0.3 is 0 Å². The summed E-state index contributed by atoms with van der Waals surface area (Å²) in [4.78, 5) is 29.7. The van der Waals surface area contributed by atoms with Gasteiger partial charge in [-0.15, -0.1) is 0 Å². The molecular formula is C25H28ClF2N5O2. The van der Waals surface area contributed by atoms with Crippen molar-refractivity contribution in [1.29, 1.82) is 0 Å². The van der Waals surface area contributed by atoms with Crippen molar-refractivity contribution >= 4 is 34.7 Å². The Labute approximate surface area is 207 Å². The van der Waals surface area contributed by atoms with E-state index in [-0.39, 0.29) is 16.3 Å². The van der Waals surface area contributed by atoms with Gasteiger partial charge in [0.2, 0.25) is 5.91 Å². The molecule has 1 spiro atoms. The predicted molar refractivity (Wildman–Crippen MR) is 129 cm³/mol. The first-order valence-electron chi connectivity index (χ1n) is 11.7. The van der Waals surface area contributed by atoms with Crippen LogP contribution in [0.1, 0.15) is 66.7 Å². The second-order valence-electron chi connectivity index (χ2n) is 9.32. The molecule has 0 unspecified atom stereocenters. The molecule has 10 heteroatoms. The Balaban J connectivity index is 0.000000179. The second kappa shape index (κ2) is 9.89. The van der Waals surface area contributed by atoms with Crippen LogP contribution in [0.2, 0.25) is 5.02 Å². The molecule has 1 aromatic carbocycles. The van der Waals surface area contributed by atoms with E-state index in [1.165, 1.54) is 12.6 Å². The van der Waals surface area contributed by atoms with Crippen LogP contribution in [0.25, 0.3) is 5.65 Å². The van der Waals surface area contributed by atoms with Crippen LogP contribution in [-0.4, -0.2) is 33.0 Å². The Kier molecular flexibility index (Phi) is 7.07. The van der Waals surface area contributed by atoms with E-state index in [0.717, 1.165) is 62.0 Å². The van der Waals surface area contributed by atoms with Crippen molar-refractivity contribution in [1.82, 2.24) is 14.6 Å². The summed E-state index contributed by atoms with van der Waals surface area (Å²) in [6.07, 6.45) is 8.28. The van der Waals surface area contributed by atoms with Crippen LogP contribution in [0.3, 0.4) is 0 Å². The van der Waals surface area contributed by atoms with E-state index in [0.29, 0.717) is 23.4 Å². The zero-order valence-electron chi connectivity index (χ0n) is 19.8. The molecule has 2 N–H and O–H groups in total. The molecule has 0 atom stereocenters. The number of piperidine rings is 1. The molecule has 1 aliphatic carbocycles. The number of aryl methyl sites for hydroxylation is 2. The number of carbonyl (C=O) groups excluding carboxylic acids is 2. The van der Waals surface area contributed by atoms with Crippen LogP contribution >= 0.6 is 11.6 Å². The lowest BCUT2D eigenvalue weighted by Crippen LogP contribution is -2.50. The molecular weight excluding hydrogens is 476 g/mol. The Morgan fingerprint density at radius 3 is 2.40 bits per heavy atom. The maximum atomic E-state index is 13.5. The summed E-state index contributed by atoms with van der Waals surface area (Å²) in [5, 5.41) is 4.13. The van der Waals surface area contributed by atoms with E-state index in [2.05, 4.69) is 10.1 Å². The van der Waals surface area contributed by atoms with Gasteiger partial charge in [-0.2, -0.15) is 5.10 Å². The molecule has 2 amide bonds. The molecule has 0 bridgehead atoms. The van der Waals surface area contributed by atoms with Crippen molar-refractivity contribution in [2.24, 2.45) is 11.1 Å². The molecule has 7 nitrogen and oxygen atoms in total. The van der Waals surface area contributed by atoms with Gasteiger partial charge in [0.1, 0.15) is 5.56 Å². The van der Waals surface area contributed by atoms with Crippen LogP contribution in [-0.2, 0) is 4.79 Å². The van der Waals surface area contributed by atoms with E-state index >= 15 is 0 Å². The third-order valence-corrected chi connectivity index (χ3v) is 7.17. The van der Waals surface area contributed by atoms with Crippen molar-refractivity contribution in [2.45, 2.75) is 58.8 Å². The summed E-state index contributed by atoms with van der Waals surface area (Å²) in [5.74, 6) is -2.43. The molecule has 1 saturated heterocycles. The summed E-state index contributed by atoms with van der Waals surface area (Å²) in [6.45, 7) is 4.29. The number of nitrogens with two attached hydrogens (primary N) is 1. The van der Waals surface area contributed by atoms with Crippen LogP contribution < -0.4 is 10.6 Å². The van der Waals surface area contributed by atoms with Gasteiger partial charge in [0.05, 0.1) is 16.9 Å². The van der Waals surface area contributed by atoms with Gasteiger partial charge < -0.3 is 10.6 Å². The molecule has 2 aliphatic rings. The largest absolute Gasteiger partial charge is 0.365 e. The van der Waals surface area contributed by atoms with Crippen molar-refractivity contribution in [3.63, 3.8) is 0 Å². The summed E-state index contributed by atoms with van der Waals surface area (Å²) in [7, 11) is 0. The quantitative estimate of drug-likeness (QED) is 0.490. The number of anilines is 1. The van der Waals surface area contributed by atoms with Crippen molar-refractivity contribution in [2.75, 3.05) is 11.4 Å². The fourth-order valence-corrected chi connectivity index (χ4v) is 5.41. The smallest absolute Gasteiger partial charge is 0.254 e. The number of amides is 2. The van der Waals surface area contributed by atoms with Crippen LogP contribution in [0.15, 0.2) is 24.4 Å². The molecule has 2 aromatic heterocycles. The SMILES string of the molecule is Cc1cc(C)n2ncc(C(N)=O)c2n1.O=C1N(c2cc(F)c(F)cc2Cl)CCCC12CCCCC2. The van der Waals surface area contributed by atoms with Gasteiger partial charge in [-0.05, 0) is 51.7 Å². The lowest BCUT2D eigenvalue weighted by atomic mass is 9.68. The Bertz CT molecular complexity index is 1280. The average molecular weight is 504 g/mol. The number of fused-ring (bicyclic) bond motifs is 1. The first-order valence-corrected chi connectivity index (χ1v) is 12.1. The number of primary amides is 1. The van der Waals surface area contributed by atoms with Crippen molar-refractivity contribution < 1.29 is 18.4 Å². The predicted octanol–water partition coefficient (Wildman–Crippen LogP) is 5.14. The highest BCUT2D eigenvalue weighted by Gasteiger charge is 2.45.